The zero-order chi connectivity index (χ0) is 19.1. The first-order chi connectivity index (χ1) is 12.5. The summed E-state index contributed by atoms with van der Waals surface area (Å²) >= 11 is 7.97. The molecule has 1 fully saturated rings. The summed E-state index contributed by atoms with van der Waals surface area (Å²) in [5.74, 6) is 0.358. The Kier molecular flexibility index (Phi) is 8.29. The van der Waals surface area contributed by atoms with Crippen molar-refractivity contribution >= 4 is 35.2 Å². The van der Waals surface area contributed by atoms with E-state index >= 15 is 0 Å². The summed E-state index contributed by atoms with van der Waals surface area (Å²) in [6.07, 6.45) is 4.45. The molecule has 6 heteroatoms. The Morgan fingerprint density at radius 3 is 2.65 bits per heavy atom. The van der Waals surface area contributed by atoms with Crippen molar-refractivity contribution in [3.63, 3.8) is 0 Å². The van der Waals surface area contributed by atoms with Gasteiger partial charge in [-0.2, -0.15) is 0 Å². The number of amides is 2. The van der Waals surface area contributed by atoms with Crippen LogP contribution in [-0.4, -0.2) is 35.1 Å². The normalized spacial score (nSPS) is 19.8. The van der Waals surface area contributed by atoms with Crippen LogP contribution in [0.25, 0.3) is 0 Å². The second kappa shape index (κ2) is 10.2. The monoisotopic (exact) mass is 396 g/mol. The van der Waals surface area contributed by atoms with Crippen LogP contribution < -0.4 is 5.32 Å². The Bertz CT molecular complexity index is 624. The van der Waals surface area contributed by atoms with Crippen LogP contribution in [0.1, 0.15) is 57.4 Å². The molecule has 2 rings (SSSR count). The van der Waals surface area contributed by atoms with E-state index in [1.165, 1.54) is 12.8 Å². The number of carbonyl (C=O) groups excluding carboxylic acids is 2. The highest BCUT2D eigenvalue weighted by Crippen LogP contribution is 2.44. The molecule has 2 atom stereocenters. The van der Waals surface area contributed by atoms with Crippen molar-refractivity contribution in [2.24, 2.45) is 5.92 Å². The minimum Gasteiger partial charge on any atom is -0.354 e. The number of rotatable bonds is 8. The lowest BCUT2D eigenvalue weighted by molar-refractivity contribution is -0.142. The van der Waals surface area contributed by atoms with Crippen LogP contribution in [0.2, 0.25) is 5.02 Å². The van der Waals surface area contributed by atoms with E-state index in [-0.39, 0.29) is 23.1 Å². The van der Waals surface area contributed by atoms with Gasteiger partial charge in [0.15, 0.2) is 0 Å². The van der Waals surface area contributed by atoms with Gasteiger partial charge in [0, 0.05) is 28.8 Å². The topological polar surface area (TPSA) is 49.4 Å². The molecule has 0 aliphatic carbocycles. The average molecular weight is 397 g/mol. The summed E-state index contributed by atoms with van der Waals surface area (Å²) in [6, 6.07) is 7.12. The SMILES string of the molecule is CCCCCCNC(=O)C1CSC(c2ccccc2Cl)N1C(=O)C(C)C. The fraction of sp³-hybridized carbons (Fsp3) is 0.600. The summed E-state index contributed by atoms with van der Waals surface area (Å²) in [5.41, 5.74) is 0.895. The van der Waals surface area contributed by atoms with Crippen LogP contribution >= 0.6 is 23.4 Å². The third-order valence-electron chi connectivity index (χ3n) is 4.55. The second-order valence-electron chi connectivity index (χ2n) is 6.97. The van der Waals surface area contributed by atoms with Crippen molar-refractivity contribution in [3.05, 3.63) is 34.9 Å². The molecule has 0 aromatic heterocycles. The molecule has 1 saturated heterocycles. The van der Waals surface area contributed by atoms with E-state index in [0.717, 1.165) is 18.4 Å². The first-order valence-corrected chi connectivity index (χ1v) is 10.9. The van der Waals surface area contributed by atoms with Crippen molar-refractivity contribution in [2.45, 2.75) is 57.9 Å². The van der Waals surface area contributed by atoms with Crippen molar-refractivity contribution in [3.8, 4) is 0 Å². The predicted octanol–water partition coefficient (Wildman–Crippen LogP) is 4.64. The van der Waals surface area contributed by atoms with Gasteiger partial charge in [-0.25, -0.2) is 0 Å². The molecular formula is C20H29ClN2O2S. The maximum absolute atomic E-state index is 12.9. The molecule has 0 radical (unpaired) electrons. The highest BCUT2D eigenvalue weighted by molar-refractivity contribution is 7.99. The molecule has 144 valence electrons. The maximum Gasteiger partial charge on any atom is 0.243 e. The van der Waals surface area contributed by atoms with Crippen LogP contribution in [0, 0.1) is 5.92 Å². The third kappa shape index (κ3) is 5.17. The van der Waals surface area contributed by atoms with E-state index in [2.05, 4.69) is 12.2 Å². The van der Waals surface area contributed by atoms with Crippen molar-refractivity contribution in [1.82, 2.24) is 10.2 Å². The number of hydrogen-bond donors (Lipinski definition) is 1. The maximum atomic E-state index is 12.9. The van der Waals surface area contributed by atoms with Gasteiger partial charge in [0.2, 0.25) is 11.8 Å². The predicted molar refractivity (Wildman–Crippen MR) is 109 cm³/mol. The summed E-state index contributed by atoms with van der Waals surface area (Å²) < 4.78 is 0. The number of hydrogen-bond acceptors (Lipinski definition) is 3. The van der Waals surface area contributed by atoms with Crippen molar-refractivity contribution in [2.75, 3.05) is 12.3 Å². The smallest absolute Gasteiger partial charge is 0.243 e. The molecular weight excluding hydrogens is 368 g/mol. The van der Waals surface area contributed by atoms with Crippen molar-refractivity contribution < 1.29 is 9.59 Å². The molecule has 4 nitrogen and oxygen atoms in total. The largest absolute Gasteiger partial charge is 0.354 e. The molecule has 1 aromatic carbocycles. The number of nitrogens with one attached hydrogen (secondary N) is 1. The van der Waals surface area contributed by atoms with Gasteiger partial charge < -0.3 is 10.2 Å². The number of carbonyl (C=O) groups is 2. The molecule has 26 heavy (non-hydrogen) atoms. The molecule has 0 spiro atoms. The molecule has 2 amide bonds. The standard InChI is InChI=1S/C20H29ClN2O2S/c1-4-5-6-9-12-22-18(24)17-13-26-20(23(17)19(25)14(2)3)15-10-7-8-11-16(15)21/h7-8,10-11,14,17,20H,4-6,9,12-13H2,1-3H3,(H,22,24). The highest BCUT2D eigenvalue weighted by Gasteiger charge is 2.43. The zero-order valence-corrected chi connectivity index (χ0v) is 17.4. The number of unbranched alkanes of at least 4 members (excludes halogenated alkanes) is 3. The van der Waals surface area contributed by atoms with E-state index in [0.29, 0.717) is 17.3 Å². The van der Waals surface area contributed by atoms with Crippen LogP contribution in [0.3, 0.4) is 0 Å². The zero-order valence-electron chi connectivity index (χ0n) is 15.8. The molecule has 0 bridgehead atoms. The van der Waals surface area contributed by atoms with Gasteiger partial charge in [0.25, 0.3) is 0 Å². The summed E-state index contributed by atoms with van der Waals surface area (Å²) in [6.45, 7) is 6.57. The highest BCUT2D eigenvalue weighted by atomic mass is 35.5. The Labute approximate surface area is 166 Å². The lowest BCUT2D eigenvalue weighted by Crippen LogP contribution is -2.49. The summed E-state index contributed by atoms with van der Waals surface area (Å²) in [7, 11) is 0. The first-order valence-electron chi connectivity index (χ1n) is 9.43. The summed E-state index contributed by atoms with van der Waals surface area (Å²) in [4.78, 5) is 27.3. The van der Waals surface area contributed by atoms with Crippen LogP contribution in [0.5, 0.6) is 0 Å². The number of halogens is 1. The minimum absolute atomic E-state index is 0.00828. The van der Waals surface area contributed by atoms with E-state index in [9.17, 15) is 9.59 Å². The Hall–Kier alpha value is -1.20. The van der Waals surface area contributed by atoms with Gasteiger partial charge in [-0.3, -0.25) is 9.59 Å². The van der Waals surface area contributed by atoms with Gasteiger partial charge in [0.05, 0.1) is 0 Å². The quantitative estimate of drug-likeness (QED) is 0.651. The van der Waals surface area contributed by atoms with Crippen LogP contribution in [-0.2, 0) is 9.59 Å². The lowest BCUT2D eigenvalue weighted by atomic mass is 10.1. The van der Waals surface area contributed by atoms with Gasteiger partial charge in [-0.15, -0.1) is 11.8 Å². The number of thioether (sulfide) groups is 1. The molecule has 1 heterocycles. The fourth-order valence-corrected chi connectivity index (χ4v) is 4.85. The van der Waals surface area contributed by atoms with E-state index in [1.807, 2.05) is 38.1 Å². The Morgan fingerprint density at radius 2 is 2.00 bits per heavy atom. The van der Waals surface area contributed by atoms with E-state index in [4.69, 9.17) is 11.6 Å². The second-order valence-corrected chi connectivity index (χ2v) is 8.50. The summed E-state index contributed by atoms with van der Waals surface area (Å²) in [5, 5.41) is 3.43. The Balaban J connectivity index is 2.12. The fourth-order valence-electron chi connectivity index (χ4n) is 3.07. The van der Waals surface area contributed by atoms with Crippen molar-refractivity contribution in [1.29, 1.82) is 0 Å². The molecule has 1 aliphatic heterocycles. The Morgan fingerprint density at radius 1 is 1.27 bits per heavy atom. The molecule has 0 saturated carbocycles. The van der Waals surface area contributed by atoms with Gasteiger partial charge in [0.1, 0.15) is 11.4 Å². The lowest BCUT2D eigenvalue weighted by Gasteiger charge is -2.31. The number of benzene rings is 1. The third-order valence-corrected chi connectivity index (χ3v) is 6.20. The van der Waals surface area contributed by atoms with Gasteiger partial charge in [-0.1, -0.05) is 69.8 Å². The van der Waals surface area contributed by atoms with Crippen LogP contribution in [0.4, 0.5) is 0 Å². The van der Waals surface area contributed by atoms with Crippen LogP contribution in [0.15, 0.2) is 24.3 Å². The van der Waals surface area contributed by atoms with Gasteiger partial charge >= 0.3 is 0 Å². The molecule has 1 aromatic rings. The average Bonchev–Trinajstić information content (AvgIpc) is 3.05. The molecule has 1 N–H and O–H groups in total. The first kappa shape index (κ1) is 21.1. The minimum atomic E-state index is -0.442. The van der Waals surface area contributed by atoms with E-state index in [1.54, 1.807) is 16.7 Å². The number of nitrogens with zero attached hydrogens (tertiary/aromatic N) is 1. The van der Waals surface area contributed by atoms with E-state index < -0.39 is 6.04 Å². The molecule has 1 aliphatic rings. The molecule has 2 unspecified atom stereocenters. The van der Waals surface area contributed by atoms with Gasteiger partial charge in [-0.05, 0) is 12.5 Å².